The Morgan fingerprint density at radius 3 is 2.90 bits per heavy atom. The van der Waals surface area contributed by atoms with Crippen LogP contribution in [0.5, 0.6) is 0 Å². The van der Waals surface area contributed by atoms with Gasteiger partial charge in [0.15, 0.2) is 5.82 Å². The summed E-state index contributed by atoms with van der Waals surface area (Å²) in [4.78, 5) is 28.6. The monoisotopic (exact) mass is 420 g/mol. The van der Waals surface area contributed by atoms with Crippen LogP contribution in [0.4, 0.5) is 5.69 Å². The van der Waals surface area contributed by atoms with Gasteiger partial charge in [0, 0.05) is 50.0 Å². The molecule has 156 valence electrons. The number of H-pyrrole nitrogens is 1. The van der Waals surface area contributed by atoms with Crippen LogP contribution in [0.3, 0.4) is 0 Å². The summed E-state index contributed by atoms with van der Waals surface area (Å²) in [7, 11) is 0. The highest BCUT2D eigenvalue weighted by atomic mass is 35.5. The molecule has 1 fully saturated rings. The van der Waals surface area contributed by atoms with E-state index < -0.39 is 6.10 Å². The van der Waals surface area contributed by atoms with Crippen LogP contribution >= 0.6 is 11.6 Å². The smallest absolute Gasteiger partial charge is 0.343 e. The topological polar surface area (TPSA) is 95.5 Å². The number of carbonyl (C=O) groups excluding carboxylic acids is 1. The Balaban J connectivity index is 1.18. The number of ether oxygens (including phenoxy) is 1. The second-order valence-corrected chi connectivity index (χ2v) is 7.70. The van der Waals surface area contributed by atoms with Crippen molar-refractivity contribution in [2.75, 3.05) is 50.8 Å². The summed E-state index contributed by atoms with van der Waals surface area (Å²) < 4.78 is 7.15. The normalized spacial score (nSPS) is 19.8. The number of fused-ring (bicyclic) bond motifs is 1. The van der Waals surface area contributed by atoms with Crippen LogP contribution in [0.1, 0.15) is 18.3 Å². The summed E-state index contributed by atoms with van der Waals surface area (Å²) >= 11 is 6.08. The first-order valence-corrected chi connectivity index (χ1v) is 10.2. The molecule has 1 amide bonds. The zero-order chi connectivity index (χ0) is 20.2. The summed E-state index contributed by atoms with van der Waals surface area (Å²) in [6.07, 6.45) is -0.323. The molecular weight excluding hydrogens is 396 g/mol. The van der Waals surface area contributed by atoms with Crippen molar-refractivity contribution in [2.24, 2.45) is 0 Å². The number of amides is 1. The van der Waals surface area contributed by atoms with E-state index in [0.717, 1.165) is 43.4 Å². The molecule has 0 radical (unpaired) electrons. The van der Waals surface area contributed by atoms with Gasteiger partial charge in [-0.1, -0.05) is 17.7 Å². The maximum absolute atomic E-state index is 12.3. The minimum Gasteiger partial charge on any atom is -0.369 e. The third-order valence-corrected chi connectivity index (χ3v) is 5.61. The Morgan fingerprint density at radius 1 is 1.28 bits per heavy atom. The minimum absolute atomic E-state index is 0.100. The lowest BCUT2D eigenvalue weighted by molar-refractivity contribution is -0.125. The molecule has 0 saturated carbocycles. The number of hydrogen-bond donors (Lipinski definition) is 2. The molecule has 29 heavy (non-hydrogen) atoms. The molecule has 1 aromatic carbocycles. The number of nitrogens with one attached hydrogen (secondary N) is 2. The van der Waals surface area contributed by atoms with Gasteiger partial charge in [-0.05, 0) is 18.2 Å². The molecule has 9 nitrogen and oxygen atoms in total. The Kier molecular flexibility index (Phi) is 6.17. The highest BCUT2D eigenvalue weighted by Crippen LogP contribution is 2.22. The second kappa shape index (κ2) is 8.98. The fraction of sp³-hybridized carbons (Fsp3) is 0.526. The molecule has 2 aliphatic rings. The molecule has 0 spiro atoms. The average molecular weight is 421 g/mol. The van der Waals surface area contributed by atoms with E-state index >= 15 is 0 Å². The number of aromatic nitrogens is 3. The van der Waals surface area contributed by atoms with Gasteiger partial charge in [-0.25, -0.2) is 9.89 Å². The zero-order valence-electron chi connectivity index (χ0n) is 16.1. The molecule has 1 saturated heterocycles. The zero-order valence-corrected chi connectivity index (χ0v) is 16.9. The van der Waals surface area contributed by atoms with Crippen molar-refractivity contribution in [1.82, 2.24) is 25.0 Å². The third kappa shape index (κ3) is 4.80. The number of hydrogen-bond acceptors (Lipinski definition) is 6. The molecule has 4 rings (SSSR count). The molecule has 1 aromatic heterocycles. The fourth-order valence-electron chi connectivity index (χ4n) is 3.80. The van der Waals surface area contributed by atoms with Crippen molar-refractivity contribution in [3.05, 3.63) is 45.6 Å². The van der Waals surface area contributed by atoms with Gasteiger partial charge in [0.05, 0.1) is 19.6 Å². The van der Waals surface area contributed by atoms with Crippen molar-refractivity contribution in [3.63, 3.8) is 0 Å². The lowest BCUT2D eigenvalue weighted by atomic mass is 10.2. The van der Waals surface area contributed by atoms with Crippen LogP contribution in [-0.4, -0.2) is 71.4 Å². The summed E-state index contributed by atoms with van der Waals surface area (Å²) in [5.74, 6) is 0.394. The standard InChI is InChI=1S/C19H25ClN6O3/c20-14-2-1-3-15(12-14)25-8-6-24(7-9-25)5-4-21-17(27)13-16-18-22-23-19(28)26(18)10-11-29-16/h1-3,12,16H,4-11,13H2,(H,21,27)(H,23,28). The summed E-state index contributed by atoms with van der Waals surface area (Å²) in [6, 6.07) is 7.92. The van der Waals surface area contributed by atoms with Gasteiger partial charge in [0.1, 0.15) is 6.10 Å². The number of halogens is 1. The van der Waals surface area contributed by atoms with Crippen LogP contribution < -0.4 is 15.9 Å². The molecule has 1 unspecified atom stereocenters. The van der Waals surface area contributed by atoms with E-state index in [2.05, 4.69) is 31.4 Å². The summed E-state index contributed by atoms with van der Waals surface area (Å²) in [5, 5.41) is 10.1. The predicted octanol–water partition coefficient (Wildman–Crippen LogP) is 0.625. The molecule has 1 atom stereocenters. The van der Waals surface area contributed by atoms with Gasteiger partial charge in [-0.15, -0.1) is 0 Å². The van der Waals surface area contributed by atoms with Crippen LogP contribution in [0.25, 0.3) is 0 Å². The molecule has 2 aliphatic heterocycles. The maximum atomic E-state index is 12.3. The van der Waals surface area contributed by atoms with E-state index in [4.69, 9.17) is 16.3 Å². The highest BCUT2D eigenvalue weighted by Gasteiger charge is 2.27. The fourth-order valence-corrected chi connectivity index (χ4v) is 3.98. The summed E-state index contributed by atoms with van der Waals surface area (Å²) in [5.41, 5.74) is 0.889. The number of rotatable bonds is 6. The van der Waals surface area contributed by atoms with Crippen molar-refractivity contribution in [3.8, 4) is 0 Å². The maximum Gasteiger partial charge on any atom is 0.343 e. The number of nitrogens with zero attached hydrogens (tertiary/aromatic N) is 4. The summed E-state index contributed by atoms with van der Waals surface area (Å²) in [6.45, 7) is 5.98. The molecule has 2 aromatic rings. The van der Waals surface area contributed by atoms with Crippen LogP contribution in [0, 0.1) is 0 Å². The van der Waals surface area contributed by atoms with Crippen molar-refractivity contribution in [2.45, 2.75) is 19.1 Å². The molecule has 10 heteroatoms. The third-order valence-electron chi connectivity index (χ3n) is 5.38. The Morgan fingerprint density at radius 2 is 2.10 bits per heavy atom. The Bertz CT molecular complexity index is 905. The van der Waals surface area contributed by atoms with E-state index in [1.165, 1.54) is 4.57 Å². The van der Waals surface area contributed by atoms with Gasteiger partial charge in [-0.2, -0.15) is 5.10 Å². The molecule has 3 heterocycles. The molecule has 2 N–H and O–H groups in total. The van der Waals surface area contributed by atoms with Crippen molar-refractivity contribution in [1.29, 1.82) is 0 Å². The molecule has 0 aliphatic carbocycles. The quantitative estimate of drug-likeness (QED) is 0.711. The van der Waals surface area contributed by atoms with E-state index in [0.29, 0.717) is 25.5 Å². The van der Waals surface area contributed by atoms with E-state index in [-0.39, 0.29) is 18.0 Å². The molecule has 0 bridgehead atoms. The van der Waals surface area contributed by atoms with Gasteiger partial charge in [-0.3, -0.25) is 14.3 Å². The van der Waals surface area contributed by atoms with E-state index in [1.54, 1.807) is 0 Å². The highest BCUT2D eigenvalue weighted by molar-refractivity contribution is 6.30. The average Bonchev–Trinajstić information content (AvgIpc) is 3.11. The van der Waals surface area contributed by atoms with Crippen LogP contribution in [0.15, 0.2) is 29.1 Å². The van der Waals surface area contributed by atoms with Gasteiger partial charge >= 0.3 is 5.69 Å². The van der Waals surface area contributed by atoms with Gasteiger partial charge in [0.2, 0.25) is 5.91 Å². The molecular formula is C19H25ClN6O3. The lowest BCUT2D eigenvalue weighted by Crippen LogP contribution is -2.48. The van der Waals surface area contributed by atoms with Crippen LogP contribution in [0.2, 0.25) is 5.02 Å². The van der Waals surface area contributed by atoms with E-state index in [1.807, 2.05) is 18.2 Å². The number of piperazine rings is 1. The van der Waals surface area contributed by atoms with Gasteiger partial charge < -0.3 is 15.0 Å². The number of carbonyl (C=O) groups is 1. The largest absolute Gasteiger partial charge is 0.369 e. The first-order chi connectivity index (χ1) is 14.1. The first-order valence-electron chi connectivity index (χ1n) is 9.86. The van der Waals surface area contributed by atoms with Crippen molar-refractivity contribution >= 4 is 23.2 Å². The first kappa shape index (κ1) is 19.9. The van der Waals surface area contributed by atoms with E-state index in [9.17, 15) is 9.59 Å². The lowest BCUT2D eigenvalue weighted by Gasteiger charge is -2.36. The Labute approximate surface area is 173 Å². The van der Waals surface area contributed by atoms with Crippen molar-refractivity contribution < 1.29 is 9.53 Å². The number of anilines is 1. The SMILES string of the molecule is O=C(CC1OCCn2c1n[nH]c2=O)NCCN1CCN(c2cccc(Cl)c2)CC1. The number of benzene rings is 1. The van der Waals surface area contributed by atoms with Crippen LogP contribution in [-0.2, 0) is 16.1 Å². The predicted molar refractivity (Wildman–Crippen MR) is 109 cm³/mol. The minimum atomic E-state index is -0.482. The second-order valence-electron chi connectivity index (χ2n) is 7.26. The van der Waals surface area contributed by atoms with Gasteiger partial charge in [0.25, 0.3) is 0 Å². The Hall–Kier alpha value is -2.36. The number of aromatic amines is 1.